The number of benzene rings is 1. The van der Waals surface area contributed by atoms with Gasteiger partial charge in [-0.2, -0.15) is 0 Å². The van der Waals surface area contributed by atoms with Crippen molar-refractivity contribution in [1.29, 1.82) is 0 Å². The zero-order chi connectivity index (χ0) is 17.9. The summed E-state index contributed by atoms with van der Waals surface area (Å²) < 4.78 is 1.89. The Morgan fingerprint density at radius 3 is 2.58 bits per heavy atom. The molecule has 0 unspecified atom stereocenters. The lowest BCUT2D eigenvalue weighted by molar-refractivity contribution is 0.782. The molecule has 130 valence electrons. The van der Waals surface area contributed by atoms with E-state index in [1.54, 1.807) is 25.0 Å². The average Bonchev–Trinajstić information content (AvgIpc) is 3.15. The van der Waals surface area contributed by atoms with E-state index in [0.717, 1.165) is 22.3 Å². The number of fused-ring (bicyclic) bond motifs is 1. The molecule has 4 aromatic rings. The number of imidazole rings is 1. The second-order valence-corrected chi connectivity index (χ2v) is 6.48. The van der Waals surface area contributed by atoms with Crippen LogP contribution in [0.4, 0.5) is 0 Å². The van der Waals surface area contributed by atoms with Gasteiger partial charge in [-0.15, -0.1) is 0 Å². The van der Waals surface area contributed by atoms with Crippen LogP contribution in [0.3, 0.4) is 0 Å². The third-order valence-corrected chi connectivity index (χ3v) is 4.69. The van der Waals surface area contributed by atoms with Crippen molar-refractivity contribution in [3.05, 3.63) is 82.0 Å². The number of nitrogens with one attached hydrogen (secondary N) is 1. The zero-order valence-electron chi connectivity index (χ0n) is 13.6. The van der Waals surface area contributed by atoms with Crippen LogP contribution >= 0.6 is 23.2 Å². The van der Waals surface area contributed by atoms with E-state index in [0.29, 0.717) is 28.6 Å². The molecule has 0 bridgehead atoms. The smallest absolute Gasteiger partial charge is 0.177 e. The molecule has 4 rings (SSSR count). The summed E-state index contributed by atoms with van der Waals surface area (Å²) in [5.41, 5.74) is 4.01. The van der Waals surface area contributed by atoms with Crippen molar-refractivity contribution in [3.63, 3.8) is 0 Å². The third-order valence-electron chi connectivity index (χ3n) is 3.99. The first-order valence-corrected chi connectivity index (χ1v) is 8.69. The van der Waals surface area contributed by atoms with Crippen molar-refractivity contribution >= 4 is 34.4 Å². The number of hydrogen-bond donors (Lipinski definition) is 1. The molecule has 0 amide bonds. The number of aromatic amines is 1. The molecule has 0 atom stereocenters. The summed E-state index contributed by atoms with van der Waals surface area (Å²) in [5.74, 6) is 0. The normalized spacial score (nSPS) is 12.0. The number of hydrogen-bond acceptors (Lipinski definition) is 4. The van der Waals surface area contributed by atoms with E-state index >= 15 is 0 Å². The Bertz CT molecular complexity index is 1100. The molecule has 0 aliphatic carbocycles. The zero-order valence-corrected chi connectivity index (χ0v) is 15.1. The Kier molecular flexibility index (Phi) is 4.69. The van der Waals surface area contributed by atoms with Crippen molar-refractivity contribution < 1.29 is 0 Å². The van der Waals surface area contributed by atoms with Crippen LogP contribution in [0.5, 0.6) is 0 Å². The molecule has 0 aliphatic rings. The lowest BCUT2D eigenvalue weighted by atomic mass is 10.2. The number of rotatable bonds is 4. The summed E-state index contributed by atoms with van der Waals surface area (Å²) in [7, 11) is 0. The van der Waals surface area contributed by atoms with Gasteiger partial charge >= 0.3 is 0 Å². The fourth-order valence-electron chi connectivity index (χ4n) is 2.66. The fraction of sp³-hybridized carbons (Fsp3) is 0.111. The van der Waals surface area contributed by atoms with Crippen molar-refractivity contribution in [1.82, 2.24) is 24.5 Å². The molecule has 1 aromatic carbocycles. The van der Waals surface area contributed by atoms with E-state index in [1.807, 2.05) is 34.9 Å². The van der Waals surface area contributed by atoms with Crippen LogP contribution in [-0.4, -0.2) is 24.5 Å². The van der Waals surface area contributed by atoms with Crippen LogP contribution in [0.15, 0.2) is 60.4 Å². The third kappa shape index (κ3) is 3.34. The highest BCUT2D eigenvalue weighted by Gasteiger charge is 2.10. The molecule has 0 radical (unpaired) electrons. The molecule has 3 heterocycles. The van der Waals surface area contributed by atoms with Gasteiger partial charge in [0.15, 0.2) is 11.1 Å². The van der Waals surface area contributed by atoms with Crippen molar-refractivity contribution in [2.45, 2.75) is 13.1 Å². The number of nitrogens with zero attached hydrogens (tertiary/aromatic N) is 5. The minimum Gasteiger partial charge on any atom is -0.340 e. The van der Waals surface area contributed by atoms with E-state index in [-0.39, 0.29) is 0 Å². The van der Waals surface area contributed by atoms with Gasteiger partial charge in [0.05, 0.1) is 25.7 Å². The molecule has 0 aliphatic heterocycles. The van der Waals surface area contributed by atoms with Gasteiger partial charge in [-0.1, -0.05) is 29.3 Å². The van der Waals surface area contributed by atoms with Gasteiger partial charge in [0.2, 0.25) is 0 Å². The molecule has 0 saturated heterocycles. The van der Waals surface area contributed by atoms with Crippen molar-refractivity contribution in [3.8, 4) is 0 Å². The predicted octanol–water partition coefficient (Wildman–Crippen LogP) is 3.61. The number of halogens is 2. The van der Waals surface area contributed by atoms with Crippen LogP contribution in [-0.2, 0) is 13.1 Å². The number of aromatic nitrogens is 5. The van der Waals surface area contributed by atoms with Gasteiger partial charge in [-0.05, 0) is 29.8 Å². The summed E-state index contributed by atoms with van der Waals surface area (Å²) in [6.45, 7) is 0.988. The maximum absolute atomic E-state index is 6.28. The van der Waals surface area contributed by atoms with E-state index in [9.17, 15) is 0 Å². The summed E-state index contributed by atoms with van der Waals surface area (Å²) in [4.78, 5) is 20.6. The average molecular weight is 385 g/mol. The lowest BCUT2D eigenvalue weighted by Gasteiger charge is -2.10. The van der Waals surface area contributed by atoms with Gasteiger partial charge < -0.3 is 9.55 Å². The summed E-state index contributed by atoms with van der Waals surface area (Å²) in [5, 5.41) is 1.22. The maximum atomic E-state index is 6.28. The molecule has 0 spiro atoms. The minimum atomic E-state index is 0.470. The largest absolute Gasteiger partial charge is 0.340 e. The van der Waals surface area contributed by atoms with Gasteiger partial charge in [0.1, 0.15) is 5.52 Å². The van der Waals surface area contributed by atoms with Gasteiger partial charge in [0, 0.05) is 28.0 Å². The van der Waals surface area contributed by atoms with E-state index < -0.39 is 0 Å². The van der Waals surface area contributed by atoms with Gasteiger partial charge in [-0.3, -0.25) is 9.98 Å². The molecular formula is C18H14Cl2N6. The first kappa shape index (κ1) is 16.8. The first-order chi connectivity index (χ1) is 12.7. The SMILES string of the molecule is Clc1cccc(Cl)c1Cn1cnc(=NCc2ccncc2)c2[nH]cnc21. The van der Waals surface area contributed by atoms with Crippen LogP contribution in [0, 0.1) is 0 Å². The molecule has 1 N–H and O–H groups in total. The Hall–Kier alpha value is -2.70. The van der Waals surface area contributed by atoms with Crippen LogP contribution in [0.1, 0.15) is 11.1 Å². The fourth-order valence-corrected chi connectivity index (χ4v) is 3.17. The summed E-state index contributed by atoms with van der Waals surface area (Å²) in [6, 6.07) is 9.31. The Morgan fingerprint density at radius 2 is 1.81 bits per heavy atom. The van der Waals surface area contributed by atoms with Crippen LogP contribution < -0.4 is 5.49 Å². The monoisotopic (exact) mass is 384 g/mol. The highest BCUT2D eigenvalue weighted by molar-refractivity contribution is 6.36. The molecular weight excluding hydrogens is 371 g/mol. The van der Waals surface area contributed by atoms with E-state index in [2.05, 4.69) is 24.9 Å². The van der Waals surface area contributed by atoms with E-state index in [1.165, 1.54) is 0 Å². The minimum absolute atomic E-state index is 0.470. The molecule has 6 nitrogen and oxygen atoms in total. The topological polar surface area (TPSA) is 71.8 Å². The second kappa shape index (κ2) is 7.27. The predicted molar refractivity (Wildman–Crippen MR) is 101 cm³/mol. The Labute approximate surface area is 159 Å². The molecule has 0 saturated carbocycles. The Balaban J connectivity index is 1.72. The van der Waals surface area contributed by atoms with Crippen LogP contribution in [0.25, 0.3) is 11.2 Å². The van der Waals surface area contributed by atoms with Crippen molar-refractivity contribution in [2.24, 2.45) is 4.99 Å². The van der Waals surface area contributed by atoms with Crippen molar-refractivity contribution in [2.75, 3.05) is 0 Å². The molecule has 8 heteroatoms. The molecule has 0 fully saturated rings. The second-order valence-electron chi connectivity index (χ2n) is 5.67. The highest BCUT2D eigenvalue weighted by atomic mass is 35.5. The van der Waals surface area contributed by atoms with Crippen LogP contribution in [0.2, 0.25) is 10.0 Å². The Morgan fingerprint density at radius 1 is 1.04 bits per heavy atom. The molecule has 26 heavy (non-hydrogen) atoms. The van der Waals surface area contributed by atoms with E-state index in [4.69, 9.17) is 23.2 Å². The standard InChI is InChI=1S/C18H14Cl2N6/c19-14-2-1-3-15(20)13(14)9-26-11-25-17(16-18(26)24-10-23-16)22-8-12-4-6-21-7-5-12/h1-7,10-11H,8-9H2,(H,23,24). The number of pyridine rings is 1. The first-order valence-electron chi connectivity index (χ1n) is 7.93. The quantitative estimate of drug-likeness (QED) is 0.583. The van der Waals surface area contributed by atoms with Gasteiger partial charge in [0.25, 0.3) is 0 Å². The maximum Gasteiger partial charge on any atom is 0.177 e. The molecule has 3 aromatic heterocycles. The summed E-state index contributed by atoms with van der Waals surface area (Å²) >= 11 is 12.6. The highest BCUT2D eigenvalue weighted by Crippen LogP contribution is 2.25. The lowest BCUT2D eigenvalue weighted by Crippen LogP contribution is -2.15. The summed E-state index contributed by atoms with van der Waals surface area (Å²) in [6.07, 6.45) is 6.82. The number of H-pyrrole nitrogens is 1. The van der Waals surface area contributed by atoms with Gasteiger partial charge in [-0.25, -0.2) is 9.97 Å².